The Balaban J connectivity index is 2.03. The Morgan fingerprint density at radius 1 is 0.872 bits per heavy atom. The smallest absolute Gasteiger partial charge is 0.264 e. The summed E-state index contributed by atoms with van der Waals surface area (Å²) in [4.78, 5) is 28.2. The van der Waals surface area contributed by atoms with Gasteiger partial charge >= 0.3 is 0 Å². The van der Waals surface area contributed by atoms with Gasteiger partial charge in [0.15, 0.2) is 0 Å². The summed E-state index contributed by atoms with van der Waals surface area (Å²) in [6.45, 7) is 5.39. The van der Waals surface area contributed by atoms with Gasteiger partial charge in [0.1, 0.15) is 12.6 Å². The number of anilines is 1. The van der Waals surface area contributed by atoms with Gasteiger partial charge in [-0.15, -0.1) is 0 Å². The number of nitrogens with zero attached hydrogens (tertiary/aromatic N) is 2. The van der Waals surface area contributed by atoms with E-state index >= 15 is 0 Å². The molecule has 3 aromatic carbocycles. The second-order valence-corrected chi connectivity index (χ2v) is 12.5. The zero-order valence-electron chi connectivity index (χ0n) is 21.8. The summed E-state index contributed by atoms with van der Waals surface area (Å²) in [7, 11) is -4.24. The van der Waals surface area contributed by atoms with E-state index in [9.17, 15) is 18.0 Å². The highest BCUT2D eigenvalue weighted by Crippen LogP contribution is 2.33. The van der Waals surface area contributed by atoms with Crippen molar-refractivity contribution in [3.8, 4) is 0 Å². The van der Waals surface area contributed by atoms with E-state index in [2.05, 4.69) is 5.32 Å². The van der Waals surface area contributed by atoms with Crippen LogP contribution in [0.3, 0.4) is 0 Å². The number of rotatable bonds is 11. The molecule has 0 unspecified atom stereocenters. The molecule has 208 valence electrons. The molecule has 0 saturated heterocycles. The summed E-state index contributed by atoms with van der Waals surface area (Å²) in [5.41, 5.74) is 0.763. The molecular weight excluding hydrogens is 581 g/mol. The summed E-state index contributed by atoms with van der Waals surface area (Å²) in [5.74, 6) is -0.755. The van der Waals surface area contributed by atoms with Crippen LogP contribution < -0.4 is 9.62 Å². The fourth-order valence-corrected chi connectivity index (χ4v) is 5.74. The van der Waals surface area contributed by atoms with E-state index in [0.717, 1.165) is 9.87 Å². The van der Waals surface area contributed by atoms with Crippen molar-refractivity contribution < 1.29 is 18.0 Å². The van der Waals surface area contributed by atoms with Crippen LogP contribution in [-0.4, -0.2) is 44.3 Å². The summed E-state index contributed by atoms with van der Waals surface area (Å²) < 4.78 is 28.5. The van der Waals surface area contributed by atoms with E-state index in [1.54, 1.807) is 49.4 Å². The Labute approximate surface area is 244 Å². The quantitative estimate of drug-likeness (QED) is 0.287. The number of sulfonamides is 1. The van der Waals surface area contributed by atoms with Gasteiger partial charge in [0.25, 0.3) is 10.0 Å². The summed E-state index contributed by atoms with van der Waals surface area (Å²) in [6, 6.07) is 18.0. The molecule has 2 amide bonds. The molecule has 11 heteroatoms. The molecule has 0 heterocycles. The van der Waals surface area contributed by atoms with E-state index < -0.39 is 28.5 Å². The lowest BCUT2D eigenvalue weighted by atomic mass is 10.1. The second-order valence-electron chi connectivity index (χ2n) is 9.38. The van der Waals surface area contributed by atoms with Crippen molar-refractivity contribution in [1.29, 1.82) is 0 Å². The van der Waals surface area contributed by atoms with E-state index in [0.29, 0.717) is 11.6 Å². The Kier molecular flexibility index (Phi) is 10.7. The number of carbonyl (C=O) groups is 2. The molecule has 1 N–H and O–H groups in total. The molecule has 0 bridgehead atoms. The molecule has 0 aliphatic carbocycles. The zero-order valence-corrected chi connectivity index (χ0v) is 24.9. The van der Waals surface area contributed by atoms with Gasteiger partial charge in [-0.1, -0.05) is 79.0 Å². The molecular formula is C28H30Cl3N3O4S. The minimum absolute atomic E-state index is 0.0270. The summed E-state index contributed by atoms with van der Waals surface area (Å²) >= 11 is 18.6. The first-order valence-corrected chi connectivity index (χ1v) is 14.8. The van der Waals surface area contributed by atoms with Gasteiger partial charge in [0.05, 0.1) is 15.6 Å². The van der Waals surface area contributed by atoms with Crippen LogP contribution in [0.5, 0.6) is 0 Å². The highest BCUT2D eigenvalue weighted by Gasteiger charge is 2.33. The predicted molar refractivity (Wildman–Crippen MR) is 157 cm³/mol. The van der Waals surface area contributed by atoms with Crippen molar-refractivity contribution in [2.24, 2.45) is 5.92 Å². The van der Waals surface area contributed by atoms with Crippen LogP contribution in [-0.2, 0) is 26.2 Å². The largest absolute Gasteiger partial charge is 0.354 e. The van der Waals surface area contributed by atoms with Crippen molar-refractivity contribution in [3.05, 3.63) is 93.4 Å². The number of hydrogen-bond donors (Lipinski definition) is 1. The van der Waals surface area contributed by atoms with Crippen LogP contribution in [0.2, 0.25) is 15.1 Å². The maximum Gasteiger partial charge on any atom is 0.264 e. The molecule has 1 atom stereocenters. The molecule has 7 nitrogen and oxygen atoms in total. The molecule has 0 fully saturated rings. The topological polar surface area (TPSA) is 86.8 Å². The fourth-order valence-electron chi connectivity index (χ4n) is 3.73. The lowest BCUT2D eigenvalue weighted by Crippen LogP contribution is -2.51. The Morgan fingerprint density at radius 2 is 1.49 bits per heavy atom. The van der Waals surface area contributed by atoms with Crippen LogP contribution in [0.4, 0.5) is 5.69 Å². The highest BCUT2D eigenvalue weighted by atomic mass is 35.5. The second kappa shape index (κ2) is 13.5. The van der Waals surface area contributed by atoms with Crippen LogP contribution in [0.1, 0.15) is 26.3 Å². The highest BCUT2D eigenvalue weighted by molar-refractivity contribution is 7.92. The van der Waals surface area contributed by atoms with Crippen molar-refractivity contribution >= 4 is 62.3 Å². The van der Waals surface area contributed by atoms with E-state index in [4.69, 9.17) is 34.8 Å². The number of amides is 2. The predicted octanol–water partition coefficient (Wildman–Crippen LogP) is 6.03. The van der Waals surface area contributed by atoms with Gasteiger partial charge in [0.2, 0.25) is 11.8 Å². The first kappa shape index (κ1) is 30.8. The average Bonchev–Trinajstić information content (AvgIpc) is 2.91. The van der Waals surface area contributed by atoms with Crippen LogP contribution in [0.25, 0.3) is 0 Å². The van der Waals surface area contributed by atoms with Crippen molar-refractivity contribution in [2.75, 3.05) is 17.4 Å². The van der Waals surface area contributed by atoms with Gasteiger partial charge in [-0.2, -0.15) is 0 Å². The third-order valence-corrected chi connectivity index (χ3v) is 8.49. The molecule has 39 heavy (non-hydrogen) atoms. The van der Waals surface area contributed by atoms with E-state index in [-0.39, 0.29) is 39.0 Å². The zero-order chi connectivity index (χ0) is 28.7. The van der Waals surface area contributed by atoms with Gasteiger partial charge in [-0.25, -0.2) is 8.42 Å². The first-order valence-electron chi connectivity index (χ1n) is 12.2. The van der Waals surface area contributed by atoms with Gasteiger partial charge in [-0.3, -0.25) is 13.9 Å². The summed E-state index contributed by atoms with van der Waals surface area (Å²) in [5, 5.41) is 3.71. The monoisotopic (exact) mass is 609 g/mol. The average molecular weight is 611 g/mol. The van der Waals surface area contributed by atoms with Gasteiger partial charge < -0.3 is 10.2 Å². The van der Waals surface area contributed by atoms with Crippen LogP contribution >= 0.6 is 34.8 Å². The minimum Gasteiger partial charge on any atom is -0.354 e. The molecule has 3 aromatic rings. The van der Waals surface area contributed by atoms with Crippen molar-refractivity contribution in [1.82, 2.24) is 10.2 Å². The summed E-state index contributed by atoms with van der Waals surface area (Å²) in [6.07, 6.45) is 0. The number of halogens is 3. The molecule has 0 spiro atoms. The Hall–Kier alpha value is -2.78. The normalized spacial score (nSPS) is 12.2. The number of hydrogen-bond acceptors (Lipinski definition) is 4. The third-order valence-electron chi connectivity index (χ3n) is 5.90. The molecule has 0 aromatic heterocycles. The van der Waals surface area contributed by atoms with Crippen LogP contribution in [0.15, 0.2) is 77.7 Å². The lowest BCUT2D eigenvalue weighted by Gasteiger charge is -2.32. The maximum atomic E-state index is 13.9. The SMILES string of the molecule is CC(C)CNC(=O)[C@H](C)N(Cc1ccc(Cl)cc1)C(=O)CN(c1cc(Cl)ccc1Cl)S(=O)(=O)c1ccccc1. The molecule has 3 rings (SSSR count). The maximum absolute atomic E-state index is 13.9. The molecule has 0 aliphatic rings. The third kappa shape index (κ3) is 8.11. The van der Waals surface area contributed by atoms with Crippen molar-refractivity contribution in [3.63, 3.8) is 0 Å². The lowest BCUT2D eigenvalue weighted by molar-refractivity contribution is -0.139. The molecule has 0 radical (unpaired) electrons. The fraction of sp³-hybridized carbons (Fsp3) is 0.286. The first-order chi connectivity index (χ1) is 18.4. The number of carbonyl (C=O) groups excluding carboxylic acids is 2. The minimum atomic E-state index is -4.24. The molecule has 0 aliphatic heterocycles. The van der Waals surface area contributed by atoms with Gasteiger partial charge in [-0.05, 0) is 60.9 Å². The number of nitrogens with one attached hydrogen (secondary N) is 1. The van der Waals surface area contributed by atoms with E-state index in [1.807, 2.05) is 13.8 Å². The van der Waals surface area contributed by atoms with E-state index in [1.165, 1.54) is 35.2 Å². The molecule has 0 saturated carbocycles. The van der Waals surface area contributed by atoms with Crippen LogP contribution in [0, 0.1) is 5.92 Å². The standard InChI is InChI=1S/C28H30Cl3N3O4S/c1-19(2)16-32-28(36)20(3)33(17-21-9-11-22(29)12-10-21)27(35)18-34(26-15-23(30)13-14-25(26)31)39(37,38)24-7-5-4-6-8-24/h4-15,19-20H,16-18H2,1-3H3,(H,32,36)/t20-/m0/s1. The van der Waals surface area contributed by atoms with Gasteiger partial charge in [0, 0.05) is 23.1 Å². The number of benzene rings is 3. The van der Waals surface area contributed by atoms with Crippen molar-refractivity contribution in [2.45, 2.75) is 38.3 Å². The Bertz CT molecular complexity index is 1400. The Morgan fingerprint density at radius 3 is 2.10 bits per heavy atom.